The second-order valence-corrected chi connectivity index (χ2v) is 4.66. The normalized spacial score (nSPS) is 12.6. The number of hydrogen-bond donors (Lipinski definition) is 1. The van der Waals surface area contributed by atoms with Crippen molar-refractivity contribution >= 4 is 11.6 Å². The second-order valence-electron chi connectivity index (χ2n) is 4.22. The van der Waals surface area contributed by atoms with Crippen molar-refractivity contribution in [3.8, 4) is 0 Å². The fourth-order valence-electron chi connectivity index (χ4n) is 1.59. The lowest BCUT2D eigenvalue weighted by molar-refractivity contribution is -0.0100. The maximum Gasteiger partial charge on any atom is 0.0936 e. The molecule has 0 spiro atoms. The first kappa shape index (κ1) is 15.4. The van der Waals surface area contributed by atoms with Gasteiger partial charge in [-0.3, -0.25) is 0 Å². The van der Waals surface area contributed by atoms with Gasteiger partial charge in [0.1, 0.15) is 0 Å². The van der Waals surface area contributed by atoms with Crippen molar-refractivity contribution in [2.75, 3.05) is 26.8 Å². The Bertz CT molecular complexity index is 316. The predicted octanol–water partition coefficient (Wildman–Crippen LogP) is 2.87. The van der Waals surface area contributed by atoms with Gasteiger partial charge in [0.25, 0.3) is 0 Å². The number of nitrogens with one attached hydrogen (secondary N) is 1. The molecule has 0 saturated heterocycles. The molecule has 0 aliphatic heterocycles. The van der Waals surface area contributed by atoms with E-state index in [2.05, 4.69) is 12.2 Å². The van der Waals surface area contributed by atoms with Gasteiger partial charge in [-0.25, -0.2) is 0 Å². The van der Waals surface area contributed by atoms with E-state index in [1.54, 1.807) is 7.11 Å². The minimum absolute atomic E-state index is 0.0808. The van der Waals surface area contributed by atoms with E-state index in [-0.39, 0.29) is 6.10 Å². The second kappa shape index (κ2) is 9.34. The molecule has 18 heavy (non-hydrogen) atoms. The molecule has 0 aliphatic carbocycles. The Labute approximate surface area is 114 Å². The fourth-order valence-corrected chi connectivity index (χ4v) is 1.71. The van der Waals surface area contributed by atoms with Crippen molar-refractivity contribution in [1.82, 2.24) is 5.32 Å². The summed E-state index contributed by atoms with van der Waals surface area (Å²) < 4.78 is 11.0. The zero-order valence-corrected chi connectivity index (χ0v) is 11.9. The fraction of sp³-hybridized carbons (Fsp3) is 0.571. The van der Waals surface area contributed by atoms with Crippen LogP contribution in [-0.4, -0.2) is 32.9 Å². The van der Waals surface area contributed by atoms with Crippen LogP contribution in [0.2, 0.25) is 5.02 Å². The topological polar surface area (TPSA) is 30.5 Å². The van der Waals surface area contributed by atoms with Gasteiger partial charge in [-0.2, -0.15) is 0 Å². The van der Waals surface area contributed by atoms with Crippen LogP contribution in [0, 0.1) is 0 Å². The molecule has 102 valence electrons. The zero-order valence-electron chi connectivity index (χ0n) is 11.1. The van der Waals surface area contributed by atoms with Gasteiger partial charge in [0.15, 0.2) is 0 Å². The molecule has 1 unspecified atom stereocenters. The third-order valence-corrected chi connectivity index (χ3v) is 2.80. The molecular weight excluding hydrogens is 250 g/mol. The van der Waals surface area contributed by atoms with E-state index in [0.29, 0.717) is 13.2 Å². The van der Waals surface area contributed by atoms with Crippen LogP contribution in [0.5, 0.6) is 0 Å². The summed E-state index contributed by atoms with van der Waals surface area (Å²) in [7, 11) is 1.69. The number of halogens is 1. The Hall–Kier alpha value is -0.610. The van der Waals surface area contributed by atoms with Crippen molar-refractivity contribution in [3.63, 3.8) is 0 Å². The molecule has 0 aromatic heterocycles. The van der Waals surface area contributed by atoms with Gasteiger partial charge in [0.05, 0.1) is 19.3 Å². The van der Waals surface area contributed by atoms with Crippen molar-refractivity contribution < 1.29 is 9.47 Å². The molecule has 1 atom stereocenters. The van der Waals surface area contributed by atoms with E-state index in [9.17, 15) is 0 Å². The van der Waals surface area contributed by atoms with Crippen LogP contribution in [0.15, 0.2) is 24.3 Å². The minimum Gasteiger partial charge on any atom is -0.382 e. The van der Waals surface area contributed by atoms with E-state index in [1.807, 2.05) is 24.3 Å². The first-order valence-corrected chi connectivity index (χ1v) is 6.69. The number of ether oxygens (including phenoxy) is 2. The van der Waals surface area contributed by atoms with Gasteiger partial charge in [0.2, 0.25) is 0 Å². The van der Waals surface area contributed by atoms with Gasteiger partial charge in [-0.15, -0.1) is 0 Å². The van der Waals surface area contributed by atoms with E-state index in [4.69, 9.17) is 21.1 Å². The largest absolute Gasteiger partial charge is 0.382 e. The highest BCUT2D eigenvalue weighted by atomic mass is 35.5. The zero-order chi connectivity index (χ0) is 13.2. The summed E-state index contributed by atoms with van der Waals surface area (Å²) in [5.41, 5.74) is 1.12. The lowest BCUT2D eigenvalue weighted by Crippen LogP contribution is -2.33. The summed E-state index contributed by atoms with van der Waals surface area (Å²) >= 11 is 5.84. The van der Waals surface area contributed by atoms with Crippen molar-refractivity contribution in [3.05, 3.63) is 34.9 Å². The average molecular weight is 272 g/mol. The van der Waals surface area contributed by atoms with E-state index < -0.39 is 0 Å². The molecule has 0 radical (unpaired) electrons. The van der Waals surface area contributed by atoms with Gasteiger partial charge >= 0.3 is 0 Å². The Morgan fingerprint density at radius 2 is 2.00 bits per heavy atom. The SMILES string of the molecule is CCCNCC(COC)OCc1ccc(Cl)cc1. The average Bonchev–Trinajstić information content (AvgIpc) is 2.38. The monoisotopic (exact) mass is 271 g/mol. The number of hydrogen-bond acceptors (Lipinski definition) is 3. The molecule has 1 N–H and O–H groups in total. The standard InChI is InChI=1S/C14H22ClNO2/c1-3-8-16-9-14(11-17-2)18-10-12-4-6-13(15)7-5-12/h4-7,14,16H,3,8-11H2,1-2H3. The molecule has 1 rings (SSSR count). The van der Waals surface area contributed by atoms with Crippen LogP contribution >= 0.6 is 11.6 Å². The maximum atomic E-state index is 5.84. The highest BCUT2D eigenvalue weighted by Gasteiger charge is 2.08. The molecular formula is C14H22ClNO2. The summed E-state index contributed by atoms with van der Waals surface area (Å²) in [6.07, 6.45) is 1.20. The maximum absolute atomic E-state index is 5.84. The summed E-state index contributed by atoms with van der Waals surface area (Å²) in [6.45, 7) is 5.15. The highest BCUT2D eigenvalue weighted by Crippen LogP contribution is 2.11. The van der Waals surface area contributed by atoms with Gasteiger partial charge in [-0.05, 0) is 30.7 Å². The minimum atomic E-state index is 0.0808. The van der Waals surface area contributed by atoms with Crippen LogP contribution in [0.1, 0.15) is 18.9 Å². The van der Waals surface area contributed by atoms with Crippen LogP contribution < -0.4 is 5.32 Å². The Morgan fingerprint density at radius 3 is 2.61 bits per heavy atom. The molecule has 0 heterocycles. The first-order chi connectivity index (χ1) is 8.76. The van der Waals surface area contributed by atoms with Crippen LogP contribution in [0.3, 0.4) is 0 Å². The van der Waals surface area contributed by atoms with Crippen molar-refractivity contribution in [1.29, 1.82) is 0 Å². The summed E-state index contributed by atoms with van der Waals surface area (Å²) in [5.74, 6) is 0. The summed E-state index contributed by atoms with van der Waals surface area (Å²) in [4.78, 5) is 0. The molecule has 1 aromatic rings. The van der Waals surface area contributed by atoms with Gasteiger partial charge in [0, 0.05) is 18.7 Å². The van der Waals surface area contributed by atoms with Gasteiger partial charge in [-0.1, -0.05) is 30.7 Å². The Kier molecular flexibility index (Phi) is 8.01. The molecule has 0 fully saturated rings. The first-order valence-electron chi connectivity index (χ1n) is 6.32. The smallest absolute Gasteiger partial charge is 0.0936 e. The van der Waals surface area contributed by atoms with E-state index in [1.165, 1.54) is 0 Å². The molecule has 0 bridgehead atoms. The van der Waals surface area contributed by atoms with Crippen LogP contribution in [0.25, 0.3) is 0 Å². The molecule has 3 nitrogen and oxygen atoms in total. The molecule has 0 saturated carbocycles. The summed E-state index contributed by atoms with van der Waals surface area (Å²) in [5, 5.41) is 4.09. The van der Waals surface area contributed by atoms with E-state index in [0.717, 1.165) is 30.1 Å². The molecule has 0 aliphatic rings. The Balaban J connectivity index is 2.33. The lowest BCUT2D eigenvalue weighted by Gasteiger charge is -2.17. The third kappa shape index (κ3) is 6.36. The molecule has 1 aromatic carbocycles. The van der Waals surface area contributed by atoms with Crippen LogP contribution in [0.4, 0.5) is 0 Å². The Morgan fingerprint density at radius 1 is 1.28 bits per heavy atom. The van der Waals surface area contributed by atoms with Crippen molar-refractivity contribution in [2.45, 2.75) is 26.1 Å². The summed E-state index contributed by atoms with van der Waals surface area (Å²) in [6, 6.07) is 7.71. The predicted molar refractivity (Wildman–Crippen MR) is 75.1 cm³/mol. The molecule has 0 amide bonds. The van der Waals surface area contributed by atoms with Crippen LogP contribution in [-0.2, 0) is 16.1 Å². The lowest BCUT2D eigenvalue weighted by atomic mass is 10.2. The number of benzene rings is 1. The molecule has 4 heteroatoms. The highest BCUT2D eigenvalue weighted by molar-refractivity contribution is 6.30. The van der Waals surface area contributed by atoms with E-state index >= 15 is 0 Å². The quantitative estimate of drug-likeness (QED) is 0.701. The van der Waals surface area contributed by atoms with Gasteiger partial charge < -0.3 is 14.8 Å². The third-order valence-electron chi connectivity index (χ3n) is 2.55. The number of rotatable bonds is 9. The number of methoxy groups -OCH3 is 1. The van der Waals surface area contributed by atoms with Crippen molar-refractivity contribution in [2.24, 2.45) is 0 Å².